The quantitative estimate of drug-likeness (QED) is 0.327. The lowest BCUT2D eigenvalue weighted by molar-refractivity contribution is -0.384. The molecule has 1 aromatic heterocycles. The predicted molar refractivity (Wildman–Crippen MR) is 103 cm³/mol. The Labute approximate surface area is 157 Å². The Morgan fingerprint density at radius 1 is 1.07 bits per heavy atom. The molecule has 0 bridgehead atoms. The number of nitrogens with zero attached hydrogens (tertiary/aromatic N) is 2. The fourth-order valence-electron chi connectivity index (χ4n) is 3.10. The summed E-state index contributed by atoms with van der Waals surface area (Å²) in [6, 6.07) is 12.6. The molecule has 0 aliphatic rings. The van der Waals surface area contributed by atoms with Crippen LogP contribution in [0.1, 0.15) is 29.0 Å². The molecule has 0 fully saturated rings. The normalized spacial score (nSPS) is 10.8. The maximum atomic E-state index is 11.0. The van der Waals surface area contributed by atoms with Crippen LogP contribution in [0.2, 0.25) is 0 Å². The van der Waals surface area contributed by atoms with Crippen molar-refractivity contribution in [1.82, 2.24) is 5.16 Å². The molecule has 3 rings (SSSR count). The van der Waals surface area contributed by atoms with Crippen LogP contribution in [0.3, 0.4) is 0 Å². The molecule has 6 nitrogen and oxygen atoms in total. The van der Waals surface area contributed by atoms with E-state index in [1.54, 1.807) is 12.1 Å². The number of benzene rings is 2. The monoisotopic (exact) mass is 366 g/mol. The topological polar surface area (TPSA) is 78.4 Å². The van der Waals surface area contributed by atoms with Crippen molar-refractivity contribution in [3.63, 3.8) is 0 Å². The lowest BCUT2D eigenvalue weighted by Crippen LogP contribution is -2.02. The molecule has 0 radical (unpaired) electrons. The summed E-state index contributed by atoms with van der Waals surface area (Å²) >= 11 is 0. The zero-order chi connectivity index (χ0) is 19.4. The van der Waals surface area contributed by atoms with Gasteiger partial charge in [0.25, 0.3) is 5.69 Å². The summed E-state index contributed by atoms with van der Waals surface area (Å²) in [5, 5.41) is 14.9. The first kappa shape index (κ1) is 18.6. The second kappa shape index (κ2) is 8.03. The van der Waals surface area contributed by atoms with Gasteiger partial charge in [0.05, 0.1) is 17.2 Å². The lowest BCUT2D eigenvalue weighted by Gasteiger charge is -2.14. The highest BCUT2D eigenvalue weighted by atomic mass is 16.6. The van der Waals surface area contributed by atoms with Crippen molar-refractivity contribution in [3.8, 4) is 16.9 Å². The van der Waals surface area contributed by atoms with E-state index in [1.165, 1.54) is 6.07 Å². The Hall–Kier alpha value is -3.15. The third-order valence-corrected chi connectivity index (χ3v) is 4.34. The highest BCUT2D eigenvalue weighted by Crippen LogP contribution is 2.31. The summed E-state index contributed by atoms with van der Waals surface area (Å²) < 4.78 is 11.2. The molecule has 1 heterocycles. The number of non-ortho nitro benzene ring substituents is 1. The standard InChI is InChI=1S/C21H22N2O4/c1-14-10-18(17-6-4-7-19(13-17)23(24)25)11-15(2)21(14)26-9-5-8-20-12-16(3)22-27-20/h4,6-7,10-13H,5,8-9H2,1-3H3. The van der Waals surface area contributed by atoms with Crippen molar-refractivity contribution in [2.24, 2.45) is 0 Å². The summed E-state index contributed by atoms with van der Waals surface area (Å²) in [6.45, 7) is 6.46. The first-order chi connectivity index (χ1) is 12.9. The van der Waals surface area contributed by atoms with Gasteiger partial charge in [0.2, 0.25) is 0 Å². The predicted octanol–water partition coefficient (Wildman–Crippen LogP) is 5.19. The van der Waals surface area contributed by atoms with Gasteiger partial charge in [-0.15, -0.1) is 0 Å². The van der Waals surface area contributed by atoms with Crippen LogP contribution in [0.4, 0.5) is 5.69 Å². The van der Waals surface area contributed by atoms with Crippen LogP contribution in [0.5, 0.6) is 5.75 Å². The second-order valence-corrected chi connectivity index (χ2v) is 6.63. The van der Waals surface area contributed by atoms with Gasteiger partial charge in [0.15, 0.2) is 0 Å². The van der Waals surface area contributed by atoms with E-state index in [-0.39, 0.29) is 10.6 Å². The number of nitro groups is 1. The van der Waals surface area contributed by atoms with Crippen LogP contribution in [-0.4, -0.2) is 16.7 Å². The fourth-order valence-corrected chi connectivity index (χ4v) is 3.10. The summed E-state index contributed by atoms with van der Waals surface area (Å²) in [6.07, 6.45) is 1.62. The van der Waals surface area contributed by atoms with Gasteiger partial charge in [-0.05, 0) is 61.6 Å². The zero-order valence-corrected chi connectivity index (χ0v) is 15.7. The molecule has 0 spiro atoms. The number of aromatic nitrogens is 1. The van der Waals surface area contributed by atoms with E-state index >= 15 is 0 Å². The first-order valence-electron chi connectivity index (χ1n) is 8.85. The molecule has 0 amide bonds. The first-order valence-corrected chi connectivity index (χ1v) is 8.85. The summed E-state index contributed by atoms with van der Waals surface area (Å²) in [5.41, 5.74) is 4.75. The smallest absolute Gasteiger partial charge is 0.270 e. The van der Waals surface area contributed by atoms with Crippen molar-refractivity contribution in [2.75, 3.05) is 6.61 Å². The molecule has 2 aromatic carbocycles. The third-order valence-electron chi connectivity index (χ3n) is 4.34. The molecule has 140 valence electrons. The van der Waals surface area contributed by atoms with Crippen molar-refractivity contribution in [1.29, 1.82) is 0 Å². The number of rotatable bonds is 7. The van der Waals surface area contributed by atoms with Gasteiger partial charge in [-0.3, -0.25) is 10.1 Å². The number of aryl methyl sites for hydroxylation is 4. The largest absolute Gasteiger partial charge is 0.493 e. The van der Waals surface area contributed by atoms with Gasteiger partial charge < -0.3 is 9.26 Å². The SMILES string of the molecule is Cc1cc(CCCOc2c(C)cc(-c3cccc([N+](=O)[O-])c3)cc2C)on1. The summed E-state index contributed by atoms with van der Waals surface area (Å²) in [7, 11) is 0. The van der Waals surface area contributed by atoms with E-state index < -0.39 is 0 Å². The molecule has 0 aliphatic carbocycles. The minimum Gasteiger partial charge on any atom is -0.493 e. The van der Waals surface area contributed by atoms with Crippen LogP contribution < -0.4 is 4.74 Å². The van der Waals surface area contributed by atoms with Crippen LogP contribution in [0, 0.1) is 30.9 Å². The Morgan fingerprint density at radius 3 is 2.44 bits per heavy atom. The van der Waals surface area contributed by atoms with Crippen molar-refractivity contribution >= 4 is 5.69 Å². The van der Waals surface area contributed by atoms with E-state index in [9.17, 15) is 10.1 Å². The number of ether oxygens (including phenoxy) is 1. The molecule has 0 saturated carbocycles. The van der Waals surface area contributed by atoms with E-state index in [0.29, 0.717) is 6.61 Å². The fraction of sp³-hybridized carbons (Fsp3) is 0.286. The van der Waals surface area contributed by atoms with Crippen LogP contribution in [-0.2, 0) is 6.42 Å². The molecular weight excluding hydrogens is 344 g/mol. The second-order valence-electron chi connectivity index (χ2n) is 6.63. The van der Waals surface area contributed by atoms with Crippen molar-refractivity contribution in [2.45, 2.75) is 33.6 Å². The van der Waals surface area contributed by atoms with Gasteiger partial charge in [-0.1, -0.05) is 17.3 Å². The summed E-state index contributed by atoms with van der Waals surface area (Å²) in [4.78, 5) is 10.6. The highest BCUT2D eigenvalue weighted by molar-refractivity contribution is 5.69. The highest BCUT2D eigenvalue weighted by Gasteiger charge is 2.11. The Kier molecular flexibility index (Phi) is 5.54. The molecular formula is C21H22N2O4. The number of hydrogen-bond donors (Lipinski definition) is 0. The van der Waals surface area contributed by atoms with Gasteiger partial charge in [0.1, 0.15) is 11.5 Å². The lowest BCUT2D eigenvalue weighted by atomic mass is 9.99. The van der Waals surface area contributed by atoms with E-state index in [0.717, 1.165) is 52.3 Å². The summed E-state index contributed by atoms with van der Waals surface area (Å²) in [5.74, 6) is 1.73. The zero-order valence-electron chi connectivity index (χ0n) is 15.7. The third kappa shape index (κ3) is 4.53. The van der Waals surface area contributed by atoms with E-state index in [1.807, 2.05) is 45.0 Å². The van der Waals surface area contributed by atoms with Crippen LogP contribution in [0.15, 0.2) is 47.0 Å². The maximum absolute atomic E-state index is 11.0. The van der Waals surface area contributed by atoms with E-state index in [4.69, 9.17) is 9.26 Å². The van der Waals surface area contributed by atoms with Gasteiger partial charge in [-0.25, -0.2) is 0 Å². The average molecular weight is 366 g/mol. The molecule has 0 N–H and O–H groups in total. The minimum atomic E-state index is -0.378. The average Bonchev–Trinajstić information content (AvgIpc) is 3.05. The van der Waals surface area contributed by atoms with Gasteiger partial charge >= 0.3 is 0 Å². The van der Waals surface area contributed by atoms with Crippen LogP contribution in [0.25, 0.3) is 11.1 Å². The molecule has 0 aliphatic heterocycles. The van der Waals surface area contributed by atoms with Gasteiger partial charge in [-0.2, -0.15) is 0 Å². The Morgan fingerprint density at radius 2 is 1.81 bits per heavy atom. The van der Waals surface area contributed by atoms with Crippen molar-refractivity contribution < 1.29 is 14.2 Å². The minimum absolute atomic E-state index is 0.0887. The van der Waals surface area contributed by atoms with Crippen molar-refractivity contribution in [3.05, 3.63) is 75.2 Å². The van der Waals surface area contributed by atoms with Crippen LogP contribution >= 0.6 is 0 Å². The number of hydrogen-bond acceptors (Lipinski definition) is 5. The molecule has 0 saturated heterocycles. The molecule has 6 heteroatoms. The Bertz CT molecular complexity index is 939. The molecule has 0 unspecified atom stereocenters. The van der Waals surface area contributed by atoms with E-state index in [2.05, 4.69) is 5.16 Å². The molecule has 3 aromatic rings. The Balaban J connectivity index is 1.69. The molecule has 27 heavy (non-hydrogen) atoms. The van der Waals surface area contributed by atoms with Gasteiger partial charge in [0, 0.05) is 24.6 Å². The maximum Gasteiger partial charge on any atom is 0.270 e. The number of nitro benzene ring substituents is 1. The molecule has 0 atom stereocenters.